The first-order valence-corrected chi connectivity index (χ1v) is 3.71. The first kappa shape index (κ1) is 4.50. The van der Waals surface area contributed by atoms with Crippen LogP contribution >= 0.6 is 16.0 Å². The predicted octanol–water partition coefficient (Wildman–Crippen LogP) is 1.52. The van der Waals surface area contributed by atoms with E-state index >= 15 is 0 Å². The third-order valence-corrected chi connectivity index (χ3v) is 2.22. The first-order valence-electron chi connectivity index (χ1n) is 1.78. The number of hydrogen-bond acceptors (Lipinski definition) is 0. The summed E-state index contributed by atoms with van der Waals surface area (Å²) in [4.78, 5) is 0. The van der Waals surface area contributed by atoms with Crippen LogP contribution in [0.25, 0.3) is 0 Å². The molecule has 1 aliphatic rings. The van der Waals surface area contributed by atoms with Gasteiger partial charge >= 0.3 is 39.6 Å². The normalized spacial score (nSPS) is 20.0. The molecule has 0 N–H and O–H groups in total. The van der Waals surface area contributed by atoms with E-state index in [1.807, 2.05) is 0 Å². The summed E-state index contributed by atoms with van der Waals surface area (Å²) in [6.07, 6.45) is 1.16. The fourth-order valence-corrected chi connectivity index (χ4v) is 1.78. The quantitative estimate of drug-likeness (QED) is 0.331. The molecule has 0 saturated carbocycles. The van der Waals surface area contributed by atoms with Crippen molar-refractivity contribution >= 4 is 33.2 Å². The van der Waals surface area contributed by atoms with Gasteiger partial charge in [-0.2, -0.15) is 0 Å². The summed E-state index contributed by atoms with van der Waals surface area (Å²) in [5, 5.41) is 0. The Kier molecular flexibility index (Phi) is 1.88. The Morgan fingerprint density at radius 2 is 2.83 bits per heavy atom. The molecule has 0 radical (unpaired) electrons. The van der Waals surface area contributed by atoms with Gasteiger partial charge in [0.05, 0.1) is 0 Å². The van der Waals surface area contributed by atoms with Crippen LogP contribution in [0.1, 0.15) is 6.42 Å². The van der Waals surface area contributed by atoms with Crippen LogP contribution in [0.3, 0.4) is 0 Å². The van der Waals surface area contributed by atoms with Crippen molar-refractivity contribution in [2.45, 2.75) is 6.42 Å². The summed E-state index contributed by atoms with van der Waals surface area (Å²) in [6, 6.07) is 0. The molecule has 0 amide bonds. The second-order valence-corrected chi connectivity index (χ2v) is 3.01. The Balaban J connectivity index is 2.78. The summed E-state index contributed by atoms with van der Waals surface area (Å²) >= 11 is 0. The van der Waals surface area contributed by atoms with Crippen molar-refractivity contribution < 1.29 is 0 Å². The molecule has 1 aliphatic heterocycles. The van der Waals surface area contributed by atoms with Crippen molar-refractivity contribution in [2.75, 3.05) is 0 Å². The zero-order valence-electron chi connectivity index (χ0n) is 3.26. The Hall–Kier alpha value is 0.340. The molecule has 0 fully saturated rings. The van der Waals surface area contributed by atoms with Gasteiger partial charge in [0.2, 0.25) is 0 Å². The van der Waals surface area contributed by atoms with Gasteiger partial charge in [-0.05, 0) is 0 Å². The van der Waals surface area contributed by atoms with Crippen molar-refractivity contribution in [2.24, 2.45) is 0 Å². The third-order valence-electron chi connectivity index (χ3n) is 0.509. The maximum absolute atomic E-state index is 3.12. The first-order chi connectivity index (χ1) is 3.00. The van der Waals surface area contributed by atoms with Crippen molar-refractivity contribution in [1.29, 1.82) is 0 Å². The molecular formula is C4H4P2. The molecule has 0 aromatic rings. The van der Waals surface area contributed by atoms with E-state index in [2.05, 4.69) is 17.1 Å². The average Bonchev–Trinajstić information content (AvgIpc) is 1.72. The van der Waals surface area contributed by atoms with Crippen molar-refractivity contribution in [3.63, 3.8) is 0 Å². The predicted molar refractivity (Wildman–Crippen MR) is 35.6 cm³/mol. The van der Waals surface area contributed by atoms with E-state index in [1.54, 1.807) is 0 Å². The van der Waals surface area contributed by atoms with E-state index < -0.39 is 0 Å². The fraction of sp³-hybridized carbons (Fsp3) is 0.250. The van der Waals surface area contributed by atoms with E-state index in [0.717, 1.165) is 6.42 Å². The van der Waals surface area contributed by atoms with E-state index in [0.29, 0.717) is 0 Å². The van der Waals surface area contributed by atoms with Gasteiger partial charge in [0.1, 0.15) is 0 Å². The maximum atomic E-state index is 3.12. The van der Waals surface area contributed by atoms with Gasteiger partial charge in [0, 0.05) is 0 Å². The SMILES string of the molecule is [C-]1=[P+]=CCC=P1. The molecular weight excluding hydrogens is 110 g/mol. The van der Waals surface area contributed by atoms with Crippen LogP contribution in [0.4, 0.5) is 0 Å². The summed E-state index contributed by atoms with van der Waals surface area (Å²) in [5.74, 6) is 4.38. The van der Waals surface area contributed by atoms with Gasteiger partial charge < -0.3 is 0 Å². The fourth-order valence-electron chi connectivity index (χ4n) is 0.268. The number of rotatable bonds is 0. The van der Waals surface area contributed by atoms with Crippen LogP contribution in [0, 0.1) is 0 Å². The summed E-state index contributed by atoms with van der Waals surface area (Å²) in [7, 11) is 2.56. The van der Waals surface area contributed by atoms with Crippen LogP contribution in [0.15, 0.2) is 0 Å². The molecule has 0 aliphatic carbocycles. The topological polar surface area (TPSA) is 0 Å². The Morgan fingerprint density at radius 3 is 3.00 bits per heavy atom. The molecule has 0 aromatic carbocycles. The van der Waals surface area contributed by atoms with Crippen LogP contribution in [-0.4, -0.2) is 17.1 Å². The van der Waals surface area contributed by atoms with Crippen molar-refractivity contribution in [3.8, 4) is 0 Å². The molecule has 6 heavy (non-hydrogen) atoms. The Labute approximate surface area is 40.4 Å². The Bertz CT molecular complexity index is 118. The molecule has 0 aromatic heterocycles. The standard InChI is InChI=1S/C4H4P2/c1-2-5-4-6-3-1/h2-3H,1H2. The molecule has 2 heteroatoms. The van der Waals surface area contributed by atoms with Gasteiger partial charge in [-0.25, -0.2) is 0 Å². The molecule has 0 bridgehead atoms. The van der Waals surface area contributed by atoms with E-state index in [9.17, 15) is 0 Å². The summed E-state index contributed by atoms with van der Waals surface area (Å²) in [6.45, 7) is 0. The zero-order chi connectivity index (χ0) is 4.24. The molecule has 0 saturated heterocycles. The van der Waals surface area contributed by atoms with Gasteiger partial charge in [0.25, 0.3) is 0 Å². The van der Waals surface area contributed by atoms with E-state index in [1.165, 1.54) is 16.0 Å². The van der Waals surface area contributed by atoms with Crippen LogP contribution in [0.5, 0.6) is 0 Å². The second-order valence-electron chi connectivity index (χ2n) is 0.959. The summed E-state index contributed by atoms with van der Waals surface area (Å²) < 4.78 is 0. The van der Waals surface area contributed by atoms with Crippen LogP contribution in [-0.2, 0) is 0 Å². The molecule has 1 heterocycles. The average molecular weight is 114 g/mol. The summed E-state index contributed by atoms with van der Waals surface area (Å²) in [5.41, 5.74) is 3.12. The Morgan fingerprint density at radius 1 is 1.83 bits per heavy atom. The van der Waals surface area contributed by atoms with Gasteiger partial charge in [0.15, 0.2) is 0 Å². The van der Waals surface area contributed by atoms with Crippen LogP contribution in [0.2, 0.25) is 0 Å². The van der Waals surface area contributed by atoms with Gasteiger partial charge in [-0.1, -0.05) is 0 Å². The minimum absolute atomic E-state index is 1.16. The zero-order valence-corrected chi connectivity index (χ0v) is 5.05. The molecule has 0 unspecified atom stereocenters. The molecule has 0 atom stereocenters. The minimum atomic E-state index is 1.16. The van der Waals surface area contributed by atoms with Gasteiger partial charge in [-0.15, -0.1) is 0 Å². The van der Waals surface area contributed by atoms with Crippen LogP contribution < -0.4 is 0 Å². The monoisotopic (exact) mass is 114 g/mol. The van der Waals surface area contributed by atoms with E-state index in [-0.39, 0.29) is 0 Å². The second kappa shape index (κ2) is 2.50. The van der Waals surface area contributed by atoms with Gasteiger partial charge in [-0.3, -0.25) is 0 Å². The van der Waals surface area contributed by atoms with E-state index in [4.69, 9.17) is 0 Å². The van der Waals surface area contributed by atoms with Crippen molar-refractivity contribution in [3.05, 3.63) is 0 Å². The number of hydrogen-bond donors (Lipinski definition) is 0. The molecule has 0 nitrogen and oxygen atoms in total. The van der Waals surface area contributed by atoms with Crippen molar-refractivity contribution in [1.82, 2.24) is 0 Å². The molecule has 0 spiro atoms. The molecule has 30 valence electrons. The third kappa shape index (κ3) is 1.20. The molecule has 1 rings (SSSR count).